The van der Waals surface area contributed by atoms with E-state index in [0.717, 1.165) is 57.1 Å². The topological polar surface area (TPSA) is 105 Å². The van der Waals surface area contributed by atoms with E-state index >= 15 is 0 Å². The van der Waals surface area contributed by atoms with Crippen molar-refractivity contribution in [2.45, 2.75) is 56.3 Å². The van der Waals surface area contributed by atoms with E-state index in [-0.39, 0.29) is 5.60 Å². The summed E-state index contributed by atoms with van der Waals surface area (Å²) in [7, 11) is -3.37. The first-order valence-corrected chi connectivity index (χ1v) is 13.2. The SMILES string of the molecule is CS(=O)(=O)Nc1ccc2c(c1)C(O)CC1(CCN([C@@H]3CCc4cc(N)ccc4C3)CC1)O2. The molecule has 5 rings (SSSR count). The normalized spacial score (nSPS) is 24.9. The van der Waals surface area contributed by atoms with E-state index in [2.05, 4.69) is 21.8 Å². The number of sulfonamides is 1. The van der Waals surface area contributed by atoms with Crippen LogP contribution in [0.3, 0.4) is 0 Å². The summed E-state index contributed by atoms with van der Waals surface area (Å²) in [4.78, 5) is 2.58. The van der Waals surface area contributed by atoms with Crippen molar-refractivity contribution in [2.75, 3.05) is 29.8 Å². The van der Waals surface area contributed by atoms with Crippen LogP contribution in [0.25, 0.3) is 0 Å². The lowest BCUT2D eigenvalue weighted by Crippen LogP contribution is -2.53. The molecule has 172 valence electrons. The summed E-state index contributed by atoms with van der Waals surface area (Å²) in [6.45, 7) is 1.90. The number of aliphatic hydroxyl groups is 1. The number of hydrogen-bond acceptors (Lipinski definition) is 6. The summed E-state index contributed by atoms with van der Waals surface area (Å²) in [5, 5.41) is 10.9. The van der Waals surface area contributed by atoms with E-state index in [9.17, 15) is 13.5 Å². The third-order valence-corrected chi connectivity index (χ3v) is 7.83. The molecule has 2 aromatic rings. The molecule has 3 aliphatic rings. The Labute approximate surface area is 189 Å². The molecule has 4 N–H and O–H groups in total. The van der Waals surface area contributed by atoms with E-state index in [1.165, 1.54) is 11.1 Å². The van der Waals surface area contributed by atoms with Crippen molar-refractivity contribution in [3.8, 4) is 5.75 Å². The van der Waals surface area contributed by atoms with Crippen LogP contribution in [0.2, 0.25) is 0 Å². The van der Waals surface area contributed by atoms with Crippen LogP contribution in [0.5, 0.6) is 5.75 Å². The van der Waals surface area contributed by atoms with Crippen LogP contribution in [0.1, 0.15) is 48.5 Å². The Morgan fingerprint density at radius 3 is 2.69 bits per heavy atom. The number of hydrogen-bond donors (Lipinski definition) is 3. The van der Waals surface area contributed by atoms with Crippen LogP contribution in [0, 0.1) is 0 Å². The van der Waals surface area contributed by atoms with Crippen molar-refractivity contribution in [2.24, 2.45) is 0 Å². The summed E-state index contributed by atoms with van der Waals surface area (Å²) in [5.41, 5.74) is 10.3. The van der Waals surface area contributed by atoms with Gasteiger partial charge in [-0.3, -0.25) is 9.62 Å². The van der Waals surface area contributed by atoms with E-state index in [1.807, 2.05) is 6.07 Å². The fourth-order valence-corrected chi connectivity index (χ4v) is 6.14. The molecule has 7 nitrogen and oxygen atoms in total. The zero-order valence-corrected chi connectivity index (χ0v) is 19.2. The van der Waals surface area contributed by atoms with Gasteiger partial charge in [0.05, 0.1) is 12.4 Å². The molecular formula is C24H31N3O4S. The zero-order valence-electron chi connectivity index (χ0n) is 18.4. The number of ether oxygens (including phenoxy) is 1. The van der Waals surface area contributed by atoms with E-state index in [1.54, 1.807) is 18.2 Å². The van der Waals surface area contributed by atoms with Crippen LogP contribution >= 0.6 is 0 Å². The smallest absolute Gasteiger partial charge is 0.229 e. The highest BCUT2D eigenvalue weighted by Crippen LogP contribution is 2.45. The maximum absolute atomic E-state index is 11.5. The Kier molecular flexibility index (Phi) is 5.34. The van der Waals surface area contributed by atoms with Gasteiger partial charge in [-0.25, -0.2) is 8.42 Å². The number of likely N-dealkylation sites (tertiary alicyclic amines) is 1. The molecule has 1 saturated heterocycles. The van der Waals surface area contributed by atoms with Crippen molar-refractivity contribution in [3.05, 3.63) is 53.1 Å². The number of nitrogen functional groups attached to an aromatic ring is 1. The van der Waals surface area contributed by atoms with Crippen molar-refractivity contribution in [1.82, 2.24) is 4.90 Å². The number of nitrogens with one attached hydrogen (secondary N) is 1. The standard InChI is InChI=1S/C24H31N3O4S/c1-32(29,30)26-19-5-7-23-21(14-19)22(28)15-24(31-23)8-10-27(11-9-24)20-6-3-16-12-18(25)4-2-17(16)13-20/h2,4-5,7,12,14,20,22,26,28H,3,6,8-11,13,15,25H2,1H3/t20-,22?/m1/s1. The van der Waals surface area contributed by atoms with E-state index < -0.39 is 16.1 Å². The van der Waals surface area contributed by atoms with Gasteiger partial charge in [0.25, 0.3) is 0 Å². The second kappa shape index (κ2) is 7.93. The fraction of sp³-hybridized carbons (Fsp3) is 0.500. The zero-order chi connectivity index (χ0) is 22.5. The molecule has 0 amide bonds. The lowest BCUT2D eigenvalue weighted by molar-refractivity contribution is -0.0608. The van der Waals surface area contributed by atoms with Gasteiger partial charge < -0.3 is 15.6 Å². The van der Waals surface area contributed by atoms with Crippen molar-refractivity contribution in [1.29, 1.82) is 0 Å². The Bertz CT molecular complexity index is 1130. The van der Waals surface area contributed by atoms with Crippen LogP contribution in [0.15, 0.2) is 36.4 Å². The second-order valence-electron chi connectivity index (χ2n) is 9.59. The number of nitrogens with two attached hydrogens (primary N) is 1. The third-order valence-electron chi connectivity index (χ3n) is 7.22. The van der Waals surface area contributed by atoms with Crippen LogP contribution < -0.4 is 15.2 Å². The lowest BCUT2D eigenvalue weighted by atomic mass is 9.80. The molecule has 0 radical (unpaired) electrons. The van der Waals surface area contributed by atoms with E-state index in [4.69, 9.17) is 10.5 Å². The number of piperidine rings is 1. The minimum atomic E-state index is -3.37. The number of fused-ring (bicyclic) bond motifs is 2. The molecule has 0 aromatic heterocycles. The van der Waals surface area contributed by atoms with Gasteiger partial charge in [0.1, 0.15) is 11.4 Å². The molecule has 2 aromatic carbocycles. The molecule has 2 atom stereocenters. The number of rotatable bonds is 3. The van der Waals surface area contributed by atoms with Gasteiger partial charge in [0.15, 0.2) is 0 Å². The monoisotopic (exact) mass is 457 g/mol. The van der Waals surface area contributed by atoms with Gasteiger partial charge in [-0.05, 0) is 73.6 Å². The highest BCUT2D eigenvalue weighted by molar-refractivity contribution is 7.92. The maximum atomic E-state index is 11.5. The van der Waals surface area contributed by atoms with Gasteiger partial charge in [0, 0.05) is 42.5 Å². The molecule has 32 heavy (non-hydrogen) atoms. The fourth-order valence-electron chi connectivity index (χ4n) is 5.59. The quantitative estimate of drug-likeness (QED) is 0.612. The average Bonchev–Trinajstić information content (AvgIpc) is 2.73. The Balaban J connectivity index is 1.26. The van der Waals surface area contributed by atoms with Crippen LogP contribution in [-0.4, -0.2) is 49.4 Å². The Morgan fingerprint density at radius 2 is 1.94 bits per heavy atom. The minimum Gasteiger partial charge on any atom is -0.487 e. The van der Waals surface area contributed by atoms with Gasteiger partial charge in [-0.1, -0.05) is 6.07 Å². The molecule has 0 bridgehead atoms. The molecule has 8 heteroatoms. The summed E-state index contributed by atoms with van der Waals surface area (Å²) in [6.07, 6.45) is 6.00. The van der Waals surface area contributed by atoms with Gasteiger partial charge in [0.2, 0.25) is 10.0 Å². The summed E-state index contributed by atoms with van der Waals surface area (Å²) >= 11 is 0. The second-order valence-corrected chi connectivity index (χ2v) is 11.3. The Morgan fingerprint density at radius 1 is 1.16 bits per heavy atom. The number of nitrogens with zero attached hydrogens (tertiary/aromatic N) is 1. The first-order valence-electron chi connectivity index (χ1n) is 11.3. The highest BCUT2D eigenvalue weighted by Gasteiger charge is 2.44. The van der Waals surface area contributed by atoms with Crippen LogP contribution in [0.4, 0.5) is 11.4 Å². The van der Waals surface area contributed by atoms with E-state index in [0.29, 0.717) is 29.5 Å². The predicted molar refractivity (Wildman–Crippen MR) is 125 cm³/mol. The largest absolute Gasteiger partial charge is 0.487 e. The number of aryl methyl sites for hydroxylation is 1. The minimum absolute atomic E-state index is 0.365. The number of aliphatic hydroxyl groups excluding tert-OH is 1. The summed E-state index contributed by atoms with van der Waals surface area (Å²) in [6, 6.07) is 12.0. The highest BCUT2D eigenvalue weighted by atomic mass is 32.2. The Hall–Kier alpha value is -2.29. The molecule has 1 aliphatic carbocycles. The molecular weight excluding hydrogens is 426 g/mol. The van der Waals surface area contributed by atoms with Crippen LogP contribution in [-0.2, 0) is 22.9 Å². The van der Waals surface area contributed by atoms with Crippen molar-refractivity contribution >= 4 is 21.4 Å². The molecule has 1 fully saturated rings. The van der Waals surface area contributed by atoms with Gasteiger partial charge in [-0.2, -0.15) is 0 Å². The molecule has 2 heterocycles. The van der Waals surface area contributed by atoms with Gasteiger partial charge >= 0.3 is 0 Å². The third kappa shape index (κ3) is 4.31. The summed E-state index contributed by atoms with van der Waals surface area (Å²) in [5.74, 6) is 0.653. The van der Waals surface area contributed by atoms with Crippen molar-refractivity contribution < 1.29 is 18.3 Å². The maximum Gasteiger partial charge on any atom is 0.229 e. The number of benzene rings is 2. The molecule has 1 spiro atoms. The molecule has 2 aliphatic heterocycles. The first kappa shape index (κ1) is 21.6. The van der Waals surface area contributed by atoms with Gasteiger partial charge in [-0.15, -0.1) is 0 Å². The summed E-state index contributed by atoms with van der Waals surface area (Å²) < 4.78 is 32.0. The average molecular weight is 458 g/mol. The predicted octanol–water partition coefficient (Wildman–Crippen LogP) is 2.85. The first-order chi connectivity index (χ1) is 15.2. The molecule has 1 unspecified atom stereocenters. The lowest BCUT2D eigenvalue weighted by Gasteiger charge is -2.48. The number of anilines is 2. The van der Waals surface area contributed by atoms with Crippen molar-refractivity contribution in [3.63, 3.8) is 0 Å². The molecule has 0 saturated carbocycles.